The Labute approximate surface area is 200 Å². The van der Waals surface area contributed by atoms with Crippen LogP contribution >= 0.6 is 0 Å². The Kier molecular flexibility index (Phi) is 6.70. The summed E-state index contributed by atoms with van der Waals surface area (Å²) in [6, 6.07) is 19.4. The highest BCUT2D eigenvalue weighted by Crippen LogP contribution is 2.38. The quantitative estimate of drug-likeness (QED) is 0.614. The van der Waals surface area contributed by atoms with Crippen molar-refractivity contribution in [1.29, 1.82) is 0 Å². The first kappa shape index (κ1) is 22.3. The molecule has 2 aliphatic rings. The van der Waals surface area contributed by atoms with Crippen molar-refractivity contribution in [2.24, 2.45) is 5.92 Å². The number of carbonyl (C=O) groups excluding carboxylic acids is 2. The van der Waals surface area contributed by atoms with Gasteiger partial charge in [-0.1, -0.05) is 61.4 Å². The topological polar surface area (TPSA) is 80.1 Å². The van der Waals surface area contributed by atoms with Crippen LogP contribution in [0.4, 0.5) is 0 Å². The Morgan fingerprint density at radius 1 is 0.912 bits per heavy atom. The SMILES string of the molecule is O=C(NCc1nnc2n1CCN(C(=O)C(c1ccccc1)C1CCCC1)CC2)c1ccccc1. The zero-order valence-electron chi connectivity index (χ0n) is 19.4. The molecular formula is C27H31N5O2. The van der Waals surface area contributed by atoms with Gasteiger partial charge >= 0.3 is 0 Å². The van der Waals surface area contributed by atoms with Gasteiger partial charge in [0.05, 0.1) is 12.5 Å². The summed E-state index contributed by atoms with van der Waals surface area (Å²) >= 11 is 0. The molecule has 0 radical (unpaired) electrons. The van der Waals surface area contributed by atoms with Crippen molar-refractivity contribution < 1.29 is 9.59 Å². The molecule has 1 saturated carbocycles. The predicted molar refractivity (Wildman–Crippen MR) is 129 cm³/mol. The largest absolute Gasteiger partial charge is 0.345 e. The first-order valence-electron chi connectivity index (χ1n) is 12.3. The van der Waals surface area contributed by atoms with E-state index >= 15 is 0 Å². The van der Waals surface area contributed by atoms with Gasteiger partial charge in [0.25, 0.3) is 5.91 Å². The predicted octanol–water partition coefficient (Wildman–Crippen LogP) is 3.57. The van der Waals surface area contributed by atoms with Crippen LogP contribution in [-0.2, 0) is 24.3 Å². The van der Waals surface area contributed by atoms with Crippen molar-refractivity contribution in [3.63, 3.8) is 0 Å². The van der Waals surface area contributed by atoms with E-state index < -0.39 is 0 Å². The Morgan fingerprint density at radius 2 is 1.62 bits per heavy atom. The van der Waals surface area contributed by atoms with Gasteiger partial charge in [-0.2, -0.15) is 0 Å². The van der Waals surface area contributed by atoms with Crippen molar-refractivity contribution in [1.82, 2.24) is 25.0 Å². The molecule has 2 amide bonds. The van der Waals surface area contributed by atoms with Crippen LogP contribution < -0.4 is 5.32 Å². The lowest BCUT2D eigenvalue weighted by Crippen LogP contribution is -2.39. The molecule has 1 aliphatic heterocycles. The summed E-state index contributed by atoms with van der Waals surface area (Å²) in [6.07, 6.45) is 5.32. The minimum atomic E-state index is -0.134. The number of hydrogen-bond donors (Lipinski definition) is 1. The third kappa shape index (κ3) is 4.74. The normalized spacial score (nSPS) is 17.1. The van der Waals surface area contributed by atoms with Gasteiger partial charge in [0.1, 0.15) is 5.82 Å². The number of rotatable bonds is 6. The molecule has 176 valence electrons. The molecule has 1 aromatic heterocycles. The number of carbonyl (C=O) groups is 2. The number of nitrogens with zero attached hydrogens (tertiary/aromatic N) is 4. The number of nitrogens with one attached hydrogen (secondary N) is 1. The van der Waals surface area contributed by atoms with Gasteiger partial charge in [0.15, 0.2) is 5.82 Å². The molecule has 2 heterocycles. The number of benzene rings is 2. The monoisotopic (exact) mass is 457 g/mol. The minimum absolute atomic E-state index is 0.0723. The van der Waals surface area contributed by atoms with Gasteiger partial charge in [-0.3, -0.25) is 9.59 Å². The highest BCUT2D eigenvalue weighted by molar-refractivity contribution is 5.94. The maximum absolute atomic E-state index is 13.8. The Morgan fingerprint density at radius 3 is 2.35 bits per heavy atom. The third-order valence-electron chi connectivity index (χ3n) is 7.15. The maximum atomic E-state index is 13.8. The van der Waals surface area contributed by atoms with Gasteiger partial charge in [-0.05, 0) is 36.5 Å². The summed E-state index contributed by atoms with van der Waals surface area (Å²) in [5.74, 6) is 2.04. The van der Waals surface area contributed by atoms with Crippen LogP contribution in [0.25, 0.3) is 0 Å². The molecule has 1 N–H and O–H groups in total. The fraction of sp³-hybridized carbons (Fsp3) is 0.407. The van der Waals surface area contributed by atoms with E-state index in [1.807, 2.05) is 41.3 Å². The van der Waals surface area contributed by atoms with E-state index in [2.05, 4.69) is 32.2 Å². The molecule has 34 heavy (non-hydrogen) atoms. The molecule has 0 bridgehead atoms. The Balaban J connectivity index is 1.27. The number of fused-ring (bicyclic) bond motifs is 1. The van der Waals surface area contributed by atoms with E-state index in [-0.39, 0.29) is 17.7 Å². The van der Waals surface area contributed by atoms with Crippen LogP contribution in [0, 0.1) is 5.92 Å². The lowest BCUT2D eigenvalue weighted by molar-refractivity contribution is -0.134. The molecule has 1 unspecified atom stereocenters. The van der Waals surface area contributed by atoms with E-state index in [9.17, 15) is 9.59 Å². The van der Waals surface area contributed by atoms with E-state index in [4.69, 9.17) is 0 Å². The first-order chi connectivity index (χ1) is 16.7. The smallest absolute Gasteiger partial charge is 0.251 e. The minimum Gasteiger partial charge on any atom is -0.345 e. The summed E-state index contributed by atoms with van der Waals surface area (Å²) in [4.78, 5) is 28.2. The van der Waals surface area contributed by atoms with Crippen molar-refractivity contribution >= 4 is 11.8 Å². The third-order valence-corrected chi connectivity index (χ3v) is 7.15. The van der Waals surface area contributed by atoms with Crippen LogP contribution in [0.1, 0.15) is 59.2 Å². The van der Waals surface area contributed by atoms with Crippen LogP contribution in [0.3, 0.4) is 0 Å². The van der Waals surface area contributed by atoms with Crippen molar-refractivity contribution in [2.45, 2.75) is 51.1 Å². The molecule has 2 aromatic carbocycles. The van der Waals surface area contributed by atoms with Gasteiger partial charge in [0.2, 0.25) is 5.91 Å². The number of aromatic nitrogens is 3. The van der Waals surface area contributed by atoms with Crippen LogP contribution in [0.15, 0.2) is 60.7 Å². The molecular weight excluding hydrogens is 426 g/mol. The van der Waals surface area contributed by atoms with Gasteiger partial charge < -0.3 is 14.8 Å². The highest BCUT2D eigenvalue weighted by Gasteiger charge is 2.35. The lowest BCUT2D eigenvalue weighted by atomic mass is 9.83. The molecule has 7 heteroatoms. The van der Waals surface area contributed by atoms with Crippen LogP contribution in [0.5, 0.6) is 0 Å². The first-order valence-corrected chi connectivity index (χ1v) is 12.3. The summed E-state index contributed by atoms with van der Waals surface area (Å²) in [6.45, 7) is 2.21. The van der Waals surface area contributed by atoms with Gasteiger partial charge in [-0.15, -0.1) is 10.2 Å². The molecule has 0 spiro atoms. The van der Waals surface area contributed by atoms with E-state index in [0.717, 1.165) is 30.1 Å². The molecule has 7 nitrogen and oxygen atoms in total. The van der Waals surface area contributed by atoms with Crippen LogP contribution in [-0.4, -0.2) is 44.6 Å². The van der Waals surface area contributed by atoms with Crippen molar-refractivity contribution in [2.75, 3.05) is 13.1 Å². The second-order valence-corrected chi connectivity index (χ2v) is 9.24. The average Bonchev–Trinajstić information content (AvgIpc) is 3.49. The molecule has 3 aromatic rings. The summed E-state index contributed by atoms with van der Waals surface area (Å²) in [5, 5.41) is 11.6. The molecule has 1 fully saturated rings. The fourth-order valence-corrected chi connectivity index (χ4v) is 5.35. The number of hydrogen-bond acceptors (Lipinski definition) is 4. The summed E-state index contributed by atoms with van der Waals surface area (Å²) in [5.41, 5.74) is 1.75. The summed E-state index contributed by atoms with van der Waals surface area (Å²) in [7, 11) is 0. The average molecular weight is 458 g/mol. The Bertz CT molecular complexity index is 1120. The fourth-order valence-electron chi connectivity index (χ4n) is 5.35. The Hall–Kier alpha value is -3.48. The molecule has 5 rings (SSSR count). The van der Waals surface area contributed by atoms with Crippen molar-refractivity contribution in [3.8, 4) is 0 Å². The zero-order chi connectivity index (χ0) is 23.3. The second-order valence-electron chi connectivity index (χ2n) is 9.24. The van der Waals surface area contributed by atoms with E-state index in [1.54, 1.807) is 12.1 Å². The summed E-state index contributed by atoms with van der Waals surface area (Å²) < 4.78 is 2.06. The van der Waals surface area contributed by atoms with Crippen LogP contribution in [0.2, 0.25) is 0 Å². The second kappa shape index (κ2) is 10.2. The zero-order valence-corrected chi connectivity index (χ0v) is 19.4. The molecule has 1 atom stereocenters. The van der Waals surface area contributed by atoms with Gasteiger partial charge in [-0.25, -0.2) is 0 Å². The van der Waals surface area contributed by atoms with E-state index in [0.29, 0.717) is 44.1 Å². The number of amides is 2. The standard InChI is InChI=1S/C27H31N5O2/c33-26(22-13-5-2-6-14-22)28-19-24-30-29-23-15-16-31(17-18-32(23)24)27(34)25(21-11-7-8-12-21)20-9-3-1-4-10-20/h1-6,9-10,13-14,21,25H,7-8,11-12,15-19H2,(H,28,33). The van der Waals surface area contributed by atoms with Gasteiger partial charge in [0, 0.05) is 31.6 Å². The maximum Gasteiger partial charge on any atom is 0.251 e. The highest BCUT2D eigenvalue weighted by atomic mass is 16.2. The molecule has 1 aliphatic carbocycles. The van der Waals surface area contributed by atoms with Crippen molar-refractivity contribution in [3.05, 3.63) is 83.4 Å². The van der Waals surface area contributed by atoms with E-state index in [1.165, 1.54) is 12.8 Å². The molecule has 0 saturated heterocycles. The lowest BCUT2D eigenvalue weighted by Gasteiger charge is -2.30.